The molecule has 21 heavy (non-hydrogen) atoms. The van der Waals surface area contributed by atoms with Crippen molar-refractivity contribution in [2.75, 3.05) is 7.05 Å². The minimum Gasteiger partial charge on any atom is -0.459 e. The first-order valence-corrected chi connectivity index (χ1v) is 8.17. The number of benzene rings is 2. The van der Waals surface area contributed by atoms with Gasteiger partial charge in [0.1, 0.15) is 11.3 Å². The van der Waals surface area contributed by atoms with Crippen molar-refractivity contribution >= 4 is 45.2 Å². The quantitative estimate of drug-likeness (QED) is 0.591. The molecule has 0 aliphatic heterocycles. The third-order valence-electron chi connectivity index (χ3n) is 3.60. The molecule has 0 aliphatic rings. The van der Waals surface area contributed by atoms with Crippen molar-refractivity contribution in [3.63, 3.8) is 0 Å². The predicted molar refractivity (Wildman–Crippen MR) is 96.0 cm³/mol. The number of nitrogens with one attached hydrogen (secondary N) is 1. The third kappa shape index (κ3) is 2.82. The molecule has 1 unspecified atom stereocenters. The maximum absolute atomic E-state index is 6.15. The lowest BCUT2D eigenvalue weighted by Gasteiger charge is -2.16. The normalized spacial score (nSPS) is 12.8. The van der Waals surface area contributed by atoms with Crippen molar-refractivity contribution in [1.29, 1.82) is 0 Å². The number of hydrogen-bond donors (Lipinski definition) is 1. The molecule has 108 valence electrons. The first-order valence-electron chi connectivity index (χ1n) is 6.71. The van der Waals surface area contributed by atoms with Gasteiger partial charge in [0.2, 0.25) is 0 Å². The van der Waals surface area contributed by atoms with Crippen LogP contribution in [-0.4, -0.2) is 7.05 Å². The highest BCUT2D eigenvalue weighted by Crippen LogP contribution is 2.32. The van der Waals surface area contributed by atoms with E-state index in [0.717, 1.165) is 36.4 Å². The van der Waals surface area contributed by atoms with Crippen LogP contribution in [0.3, 0.4) is 0 Å². The number of aryl methyl sites for hydroxylation is 1. The predicted octanol–water partition coefficient (Wildman–Crippen LogP) is 5.31. The highest BCUT2D eigenvalue weighted by molar-refractivity contribution is 14.1. The third-order valence-corrected chi connectivity index (χ3v) is 4.82. The Labute approximate surface area is 142 Å². The van der Waals surface area contributed by atoms with Crippen molar-refractivity contribution < 1.29 is 4.42 Å². The Morgan fingerprint density at radius 2 is 2.00 bits per heavy atom. The van der Waals surface area contributed by atoms with Crippen LogP contribution >= 0.6 is 34.2 Å². The standard InChI is InChI=1S/C17H15ClINO/c1-10-4-3-5-11-8-15(21-17(10)11)16(20-2)13-9-12(18)6-7-14(13)19/h3-9,16,20H,1-2H3. The minimum absolute atomic E-state index is 0.0117. The van der Waals surface area contributed by atoms with Gasteiger partial charge >= 0.3 is 0 Å². The zero-order chi connectivity index (χ0) is 15.0. The Morgan fingerprint density at radius 1 is 1.19 bits per heavy atom. The monoisotopic (exact) mass is 411 g/mol. The molecule has 0 radical (unpaired) electrons. The molecule has 0 amide bonds. The zero-order valence-electron chi connectivity index (χ0n) is 11.8. The molecule has 3 aromatic rings. The summed E-state index contributed by atoms with van der Waals surface area (Å²) in [5.74, 6) is 0.905. The Hall–Kier alpha value is -1.04. The number of halogens is 2. The van der Waals surface area contributed by atoms with Crippen LogP contribution in [0, 0.1) is 10.5 Å². The Morgan fingerprint density at radius 3 is 2.71 bits per heavy atom. The first kappa shape index (κ1) is 14.9. The summed E-state index contributed by atoms with van der Waals surface area (Å²) in [6.45, 7) is 2.06. The molecule has 2 aromatic carbocycles. The molecule has 0 spiro atoms. The topological polar surface area (TPSA) is 25.2 Å². The van der Waals surface area contributed by atoms with Gasteiger partial charge in [-0.2, -0.15) is 0 Å². The summed E-state index contributed by atoms with van der Waals surface area (Å²) in [4.78, 5) is 0. The molecule has 1 heterocycles. The molecule has 0 saturated heterocycles. The maximum atomic E-state index is 6.15. The van der Waals surface area contributed by atoms with E-state index in [-0.39, 0.29) is 6.04 Å². The summed E-state index contributed by atoms with van der Waals surface area (Å²) in [6, 6.07) is 14.2. The second kappa shape index (κ2) is 5.99. The molecular formula is C17H15ClINO. The molecule has 1 aromatic heterocycles. The molecule has 1 N–H and O–H groups in total. The molecule has 4 heteroatoms. The smallest absolute Gasteiger partial charge is 0.137 e. The van der Waals surface area contributed by atoms with Crippen LogP contribution in [0.4, 0.5) is 0 Å². The Balaban J connectivity index is 2.13. The van der Waals surface area contributed by atoms with E-state index >= 15 is 0 Å². The largest absolute Gasteiger partial charge is 0.459 e. The van der Waals surface area contributed by atoms with E-state index < -0.39 is 0 Å². The van der Waals surface area contributed by atoms with Crippen LogP contribution in [0.5, 0.6) is 0 Å². The molecule has 2 nitrogen and oxygen atoms in total. The number of rotatable bonds is 3. The SMILES string of the molecule is CNC(c1cc2cccc(C)c2o1)c1cc(Cl)ccc1I. The molecule has 0 aliphatic carbocycles. The molecule has 0 saturated carbocycles. The highest BCUT2D eigenvalue weighted by Gasteiger charge is 2.20. The zero-order valence-corrected chi connectivity index (χ0v) is 14.7. The Bertz CT molecular complexity index is 797. The van der Waals surface area contributed by atoms with Crippen LogP contribution in [0.2, 0.25) is 5.02 Å². The van der Waals surface area contributed by atoms with Crippen LogP contribution in [0.25, 0.3) is 11.0 Å². The average Bonchev–Trinajstić information content (AvgIpc) is 2.89. The van der Waals surface area contributed by atoms with Gasteiger partial charge in [0.15, 0.2) is 0 Å². The fraction of sp³-hybridized carbons (Fsp3) is 0.176. The Kier molecular flexibility index (Phi) is 4.24. The van der Waals surface area contributed by atoms with E-state index in [1.54, 1.807) is 0 Å². The fourth-order valence-electron chi connectivity index (χ4n) is 2.56. The van der Waals surface area contributed by atoms with Gasteiger partial charge in [0.05, 0.1) is 6.04 Å². The average molecular weight is 412 g/mol. The number of hydrogen-bond acceptors (Lipinski definition) is 2. The summed E-state index contributed by atoms with van der Waals surface area (Å²) in [5.41, 5.74) is 3.22. The van der Waals surface area contributed by atoms with E-state index in [1.807, 2.05) is 25.2 Å². The van der Waals surface area contributed by atoms with Gasteiger partial charge < -0.3 is 9.73 Å². The second-order valence-electron chi connectivity index (χ2n) is 5.03. The van der Waals surface area contributed by atoms with Crippen LogP contribution in [-0.2, 0) is 0 Å². The van der Waals surface area contributed by atoms with E-state index in [9.17, 15) is 0 Å². The lowest BCUT2D eigenvalue weighted by molar-refractivity contribution is 0.489. The molecule has 0 bridgehead atoms. The van der Waals surface area contributed by atoms with Gasteiger partial charge in [-0.15, -0.1) is 0 Å². The van der Waals surface area contributed by atoms with Gasteiger partial charge in [-0.05, 0) is 72.0 Å². The first-order chi connectivity index (χ1) is 10.1. The van der Waals surface area contributed by atoms with E-state index in [0.29, 0.717) is 0 Å². The fourth-order valence-corrected chi connectivity index (χ4v) is 3.39. The van der Waals surface area contributed by atoms with Crippen LogP contribution < -0.4 is 5.32 Å². The minimum atomic E-state index is -0.0117. The van der Waals surface area contributed by atoms with E-state index in [4.69, 9.17) is 16.0 Å². The molecular weight excluding hydrogens is 397 g/mol. The number of furan rings is 1. The van der Waals surface area contributed by atoms with E-state index in [2.05, 4.69) is 59.1 Å². The van der Waals surface area contributed by atoms with Gasteiger partial charge in [-0.1, -0.05) is 29.8 Å². The van der Waals surface area contributed by atoms with Crippen LogP contribution in [0.1, 0.15) is 22.9 Å². The van der Waals surface area contributed by atoms with Gasteiger partial charge in [-0.3, -0.25) is 0 Å². The van der Waals surface area contributed by atoms with Gasteiger partial charge in [-0.25, -0.2) is 0 Å². The summed E-state index contributed by atoms with van der Waals surface area (Å²) < 4.78 is 7.25. The second-order valence-corrected chi connectivity index (χ2v) is 6.63. The van der Waals surface area contributed by atoms with Crippen molar-refractivity contribution in [3.05, 3.63) is 67.9 Å². The highest BCUT2D eigenvalue weighted by atomic mass is 127. The summed E-state index contributed by atoms with van der Waals surface area (Å²) in [5, 5.41) is 5.19. The number of para-hydroxylation sites is 1. The van der Waals surface area contributed by atoms with Gasteiger partial charge in [0.25, 0.3) is 0 Å². The van der Waals surface area contributed by atoms with Crippen molar-refractivity contribution in [2.24, 2.45) is 0 Å². The van der Waals surface area contributed by atoms with Crippen molar-refractivity contribution in [3.8, 4) is 0 Å². The molecule has 1 atom stereocenters. The van der Waals surface area contributed by atoms with Gasteiger partial charge in [0, 0.05) is 14.0 Å². The molecule has 3 rings (SSSR count). The van der Waals surface area contributed by atoms with Crippen LogP contribution in [0.15, 0.2) is 46.9 Å². The summed E-state index contributed by atoms with van der Waals surface area (Å²) >= 11 is 8.47. The number of fused-ring (bicyclic) bond motifs is 1. The lowest BCUT2D eigenvalue weighted by atomic mass is 10.0. The maximum Gasteiger partial charge on any atom is 0.137 e. The van der Waals surface area contributed by atoms with Crippen molar-refractivity contribution in [1.82, 2.24) is 5.32 Å². The summed E-state index contributed by atoms with van der Waals surface area (Å²) in [6.07, 6.45) is 0. The molecule has 0 fully saturated rings. The lowest BCUT2D eigenvalue weighted by Crippen LogP contribution is -2.18. The van der Waals surface area contributed by atoms with Crippen molar-refractivity contribution in [2.45, 2.75) is 13.0 Å². The van der Waals surface area contributed by atoms with E-state index in [1.165, 1.54) is 0 Å². The summed E-state index contributed by atoms with van der Waals surface area (Å²) in [7, 11) is 1.93.